The Morgan fingerprint density at radius 1 is 0.279 bits per heavy atom. The molecule has 0 unspecified atom stereocenters. The third kappa shape index (κ3) is 5.43. The summed E-state index contributed by atoms with van der Waals surface area (Å²) in [5, 5.41) is 7.19. The Morgan fingerprint density at radius 3 is 1.38 bits per heavy atom. The van der Waals surface area contributed by atoms with Crippen LogP contribution in [0.1, 0.15) is 22.3 Å². The third-order valence-corrected chi connectivity index (χ3v) is 12.8. The first-order valence-electron chi connectivity index (χ1n) is 21.0. The van der Waals surface area contributed by atoms with E-state index in [1.807, 2.05) is 6.07 Å². The monoisotopic (exact) mass is 774 g/mol. The second-order valence-corrected chi connectivity index (χ2v) is 16.0. The molecule has 0 radical (unpaired) electrons. The Kier molecular flexibility index (Phi) is 8.11. The minimum absolute atomic E-state index is 0.588. The molecule has 0 saturated carbocycles. The van der Waals surface area contributed by atoms with Crippen LogP contribution >= 0.6 is 0 Å². The molecular weight excluding hydrogens is 737 g/mol. The van der Waals surface area contributed by atoms with Gasteiger partial charge in [-0.3, -0.25) is 0 Å². The first kappa shape index (κ1) is 35.0. The molecule has 0 atom stereocenters. The van der Waals surface area contributed by atoms with Crippen LogP contribution in [0.3, 0.4) is 0 Å². The number of hydrogen-bond acceptors (Lipinski definition) is 2. The first-order chi connectivity index (χ1) is 30.3. The van der Waals surface area contributed by atoms with Gasteiger partial charge in [0, 0.05) is 16.7 Å². The molecule has 2 heteroatoms. The maximum atomic E-state index is 5.34. The van der Waals surface area contributed by atoms with Gasteiger partial charge in [-0.2, -0.15) is 0 Å². The standard InChI is InChI=1S/C59H38N2/c1-4-20-41(21-5-1)58-60-54(49-31-16-22-39-18-10-12-27-44(39)49)38-55(61-58)50-37-36-48(46-29-14-15-30-47(46)50)51-32-17-33-52-53-35-34-40-19-11-13-28-45(40)56(53)59(57(51)52,42-23-6-2-7-24-42)43-25-8-3-9-26-43/h1-38H. The molecule has 12 rings (SSSR count). The van der Waals surface area contributed by atoms with Gasteiger partial charge in [0.05, 0.1) is 16.8 Å². The largest absolute Gasteiger partial charge is 0.228 e. The maximum Gasteiger partial charge on any atom is 0.160 e. The van der Waals surface area contributed by atoms with E-state index in [2.05, 4.69) is 224 Å². The third-order valence-electron chi connectivity index (χ3n) is 12.8. The fourth-order valence-corrected chi connectivity index (χ4v) is 10.2. The number of rotatable bonds is 6. The highest BCUT2D eigenvalue weighted by atomic mass is 14.9. The molecule has 0 bridgehead atoms. The van der Waals surface area contributed by atoms with Crippen molar-refractivity contribution in [2.45, 2.75) is 5.41 Å². The van der Waals surface area contributed by atoms with E-state index in [1.54, 1.807) is 0 Å². The molecule has 0 N–H and O–H groups in total. The van der Waals surface area contributed by atoms with Gasteiger partial charge in [0.2, 0.25) is 0 Å². The predicted molar refractivity (Wildman–Crippen MR) is 254 cm³/mol. The van der Waals surface area contributed by atoms with E-state index in [4.69, 9.17) is 9.97 Å². The number of fused-ring (bicyclic) bond motifs is 7. The minimum atomic E-state index is -0.588. The maximum absolute atomic E-state index is 5.34. The molecule has 0 saturated heterocycles. The van der Waals surface area contributed by atoms with Crippen molar-refractivity contribution in [2.24, 2.45) is 0 Å². The zero-order valence-electron chi connectivity index (χ0n) is 33.3. The van der Waals surface area contributed by atoms with Gasteiger partial charge in [-0.05, 0) is 82.9 Å². The Balaban J connectivity index is 1.14. The van der Waals surface area contributed by atoms with Gasteiger partial charge in [-0.15, -0.1) is 0 Å². The van der Waals surface area contributed by atoms with Gasteiger partial charge in [0.15, 0.2) is 5.82 Å². The van der Waals surface area contributed by atoms with Crippen LogP contribution in [0.4, 0.5) is 0 Å². The second kappa shape index (κ2) is 14.1. The lowest BCUT2D eigenvalue weighted by molar-refractivity contribution is 0.777. The summed E-state index contributed by atoms with van der Waals surface area (Å²) in [6.45, 7) is 0. The molecule has 0 aliphatic heterocycles. The van der Waals surface area contributed by atoms with Gasteiger partial charge in [0.1, 0.15) is 0 Å². The van der Waals surface area contributed by atoms with E-state index in [9.17, 15) is 0 Å². The van der Waals surface area contributed by atoms with Gasteiger partial charge in [-0.1, -0.05) is 224 Å². The fourth-order valence-electron chi connectivity index (χ4n) is 10.2. The van der Waals surface area contributed by atoms with Crippen molar-refractivity contribution in [3.05, 3.63) is 253 Å². The summed E-state index contributed by atoms with van der Waals surface area (Å²) in [6, 6.07) is 83.7. The molecule has 1 heterocycles. The van der Waals surface area contributed by atoms with Crippen LogP contribution in [0.5, 0.6) is 0 Å². The highest BCUT2D eigenvalue weighted by Crippen LogP contribution is 2.60. The summed E-state index contributed by atoms with van der Waals surface area (Å²) in [6.07, 6.45) is 0. The summed E-state index contributed by atoms with van der Waals surface area (Å²) >= 11 is 0. The van der Waals surface area contributed by atoms with E-state index in [0.29, 0.717) is 5.82 Å². The van der Waals surface area contributed by atoms with Crippen molar-refractivity contribution in [1.82, 2.24) is 9.97 Å². The number of nitrogens with zero attached hydrogens (tertiary/aromatic N) is 2. The van der Waals surface area contributed by atoms with Crippen LogP contribution in [-0.2, 0) is 5.41 Å². The fraction of sp³-hybridized carbons (Fsp3) is 0.0169. The Labute approximate surface area is 355 Å². The lowest BCUT2D eigenvalue weighted by atomic mass is 9.65. The summed E-state index contributed by atoms with van der Waals surface area (Å²) in [5.74, 6) is 0.704. The minimum Gasteiger partial charge on any atom is -0.228 e. The van der Waals surface area contributed by atoms with Crippen LogP contribution in [0.15, 0.2) is 231 Å². The number of hydrogen-bond donors (Lipinski definition) is 0. The van der Waals surface area contributed by atoms with Crippen LogP contribution in [0.25, 0.3) is 88.5 Å². The molecule has 0 spiro atoms. The molecule has 11 aromatic rings. The smallest absolute Gasteiger partial charge is 0.160 e. The van der Waals surface area contributed by atoms with Crippen LogP contribution in [0, 0.1) is 0 Å². The van der Waals surface area contributed by atoms with E-state index < -0.39 is 5.41 Å². The molecule has 1 aromatic heterocycles. The van der Waals surface area contributed by atoms with Crippen molar-refractivity contribution in [3.63, 3.8) is 0 Å². The predicted octanol–water partition coefficient (Wildman–Crippen LogP) is 15.0. The van der Waals surface area contributed by atoms with Crippen molar-refractivity contribution in [1.29, 1.82) is 0 Å². The normalized spacial score (nSPS) is 12.7. The highest BCUT2D eigenvalue weighted by molar-refractivity contribution is 6.09. The molecular formula is C59H38N2. The van der Waals surface area contributed by atoms with Gasteiger partial charge >= 0.3 is 0 Å². The van der Waals surface area contributed by atoms with E-state index in [0.717, 1.165) is 33.5 Å². The molecule has 1 aliphatic rings. The average molecular weight is 775 g/mol. The van der Waals surface area contributed by atoms with E-state index in [-0.39, 0.29) is 0 Å². The summed E-state index contributed by atoms with van der Waals surface area (Å²) in [5.41, 5.74) is 14.4. The van der Waals surface area contributed by atoms with Crippen molar-refractivity contribution in [2.75, 3.05) is 0 Å². The molecule has 284 valence electrons. The topological polar surface area (TPSA) is 25.8 Å². The van der Waals surface area contributed by atoms with E-state index in [1.165, 1.54) is 71.4 Å². The van der Waals surface area contributed by atoms with Crippen LogP contribution in [-0.4, -0.2) is 9.97 Å². The van der Waals surface area contributed by atoms with Crippen molar-refractivity contribution >= 4 is 32.3 Å². The molecule has 10 aromatic carbocycles. The summed E-state index contributed by atoms with van der Waals surface area (Å²) in [7, 11) is 0. The Morgan fingerprint density at radius 2 is 0.705 bits per heavy atom. The number of aromatic nitrogens is 2. The van der Waals surface area contributed by atoms with Crippen LogP contribution in [0.2, 0.25) is 0 Å². The van der Waals surface area contributed by atoms with Crippen LogP contribution < -0.4 is 0 Å². The van der Waals surface area contributed by atoms with Gasteiger partial charge < -0.3 is 0 Å². The zero-order chi connectivity index (χ0) is 40.3. The Hall–Kier alpha value is -7.94. The molecule has 61 heavy (non-hydrogen) atoms. The summed E-state index contributed by atoms with van der Waals surface area (Å²) < 4.78 is 0. The van der Waals surface area contributed by atoms with Crippen molar-refractivity contribution in [3.8, 4) is 56.2 Å². The molecule has 0 fully saturated rings. The summed E-state index contributed by atoms with van der Waals surface area (Å²) in [4.78, 5) is 10.6. The highest BCUT2D eigenvalue weighted by Gasteiger charge is 2.48. The zero-order valence-corrected chi connectivity index (χ0v) is 33.3. The molecule has 1 aliphatic carbocycles. The Bertz CT molecular complexity index is 3420. The SMILES string of the molecule is c1ccc(-c2nc(-c3cccc4ccccc34)cc(-c3ccc(-c4cccc5c4C(c4ccccc4)(c4ccccc4)c4c-5ccc5ccccc45)c4ccccc34)n2)cc1. The second-order valence-electron chi connectivity index (χ2n) is 16.0. The van der Waals surface area contributed by atoms with E-state index >= 15 is 0 Å². The van der Waals surface area contributed by atoms with Crippen molar-refractivity contribution < 1.29 is 0 Å². The molecule has 2 nitrogen and oxygen atoms in total. The van der Waals surface area contributed by atoms with Gasteiger partial charge in [-0.25, -0.2) is 9.97 Å². The average Bonchev–Trinajstić information content (AvgIpc) is 3.66. The lowest BCUT2D eigenvalue weighted by Crippen LogP contribution is -2.29. The lowest BCUT2D eigenvalue weighted by Gasteiger charge is -2.36. The van der Waals surface area contributed by atoms with Gasteiger partial charge in [0.25, 0.3) is 0 Å². The first-order valence-corrected chi connectivity index (χ1v) is 21.0. The quantitative estimate of drug-likeness (QED) is 0.168. The number of benzene rings is 10. The molecule has 0 amide bonds.